The molecular weight excluding hydrogens is 446 g/mol. The molecule has 5 rings (SSSR count). The van der Waals surface area contributed by atoms with Gasteiger partial charge in [-0.1, -0.05) is 36.4 Å². The third-order valence-corrected chi connectivity index (χ3v) is 7.10. The number of carbonyl (C=O) groups is 2. The maximum absolute atomic E-state index is 13.1. The predicted molar refractivity (Wildman–Crippen MR) is 136 cm³/mol. The van der Waals surface area contributed by atoms with Gasteiger partial charge >= 0.3 is 0 Å². The highest BCUT2D eigenvalue weighted by Gasteiger charge is 2.29. The number of aromatic amines is 1. The lowest BCUT2D eigenvalue weighted by Gasteiger charge is -2.27. The van der Waals surface area contributed by atoms with Gasteiger partial charge in [0.15, 0.2) is 0 Å². The molecule has 0 unspecified atom stereocenters. The first kappa shape index (κ1) is 22.3. The zero-order valence-corrected chi connectivity index (χ0v) is 19.9. The summed E-state index contributed by atoms with van der Waals surface area (Å²) in [5, 5.41) is 9.81. The Balaban J connectivity index is 1.18. The fraction of sp³-hybridized carbons (Fsp3) is 0.269. The summed E-state index contributed by atoms with van der Waals surface area (Å²) >= 11 is 1.71. The predicted octanol–water partition coefficient (Wildman–Crippen LogP) is 4.24. The van der Waals surface area contributed by atoms with Crippen molar-refractivity contribution in [1.29, 1.82) is 0 Å². The Bertz CT molecular complexity index is 1330. The highest BCUT2D eigenvalue weighted by molar-refractivity contribution is 7.99. The molecule has 0 saturated heterocycles. The van der Waals surface area contributed by atoms with Crippen LogP contribution in [0.15, 0.2) is 65.8 Å². The van der Waals surface area contributed by atoms with Gasteiger partial charge in [0.05, 0.1) is 17.1 Å². The van der Waals surface area contributed by atoms with Gasteiger partial charge < -0.3 is 15.2 Å². The molecule has 2 N–H and O–H groups in total. The molecule has 174 valence electrons. The van der Waals surface area contributed by atoms with E-state index in [1.807, 2.05) is 66.3 Å². The molecule has 1 aliphatic heterocycles. The van der Waals surface area contributed by atoms with Gasteiger partial charge in [-0.15, -0.1) is 11.8 Å². The number of hydrogen-bond donors (Lipinski definition) is 2. The molecule has 2 amide bonds. The van der Waals surface area contributed by atoms with Crippen LogP contribution in [-0.2, 0) is 16.0 Å². The van der Waals surface area contributed by atoms with Crippen LogP contribution < -0.4 is 10.2 Å². The van der Waals surface area contributed by atoms with Crippen LogP contribution in [0, 0.1) is 6.92 Å². The second-order valence-electron chi connectivity index (χ2n) is 8.34. The van der Waals surface area contributed by atoms with Crippen LogP contribution in [0.2, 0.25) is 0 Å². The molecule has 0 radical (unpaired) electrons. The van der Waals surface area contributed by atoms with E-state index >= 15 is 0 Å². The minimum atomic E-state index is -0.100. The molecule has 1 aliphatic rings. The van der Waals surface area contributed by atoms with E-state index in [9.17, 15) is 9.59 Å². The molecule has 2 aromatic carbocycles. The topological polar surface area (TPSA) is 83.0 Å². The molecule has 0 fully saturated rings. The van der Waals surface area contributed by atoms with Crippen molar-refractivity contribution >= 4 is 40.2 Å². The van der Waals surface area contributed by atoms with E-state index in [0.29, 0.717) is 13.1 Å². The first-order valence-electron chi connectivity index (χ1n) is 11.5. The number of H-pyrrole nitrogens is 1. The smallest absolute Gasteiger partial charge is 0.227 e. The van der Waals surface area contributed by atoms with Crippen LogP contribution in [-0.4, -0.2) is 45.4 Å². The number of nitrogens with one attached hydrogen (secondary N) is 2. The molecular formula is C26H27N5O2S. The quantitative estimate of drug-likeness (QED) is 0.421. The normalized spacial score (nSPS) is 13.1. The summed E-state index contributed by atoms with van der Waals surface area (Å²) in [6.07, 6.45) is 3.09. The molecule has 0 aliphatic carbocycles. The van der Waals surface area contributed by atoms with E-state index in [-0.39, 0.29) is 24.7 Å². The Morgan fingerprint density at radius 1 is 1.09 bits per heavy atom. The number of aryl methyl sites for hydroxylation is 1. The lowest BCUT2D eigenvalue weighted by atomic mass is 10.1. The zero-order chi connectivity index (χ0) is 23.5. The lowest BCUT2D eigenvalue weighted by molar-refractivity contribution is -0.125. The van der Waals surface area contributed by atoms with Gasteiger partial charge in [-0.05, 0) is 37.1 Å². The largest absolute Gasteiger partial charge is 0.361 e. The molecule has 2 aromatic heterocycles. The molecule has 0 atom stereocenters. The Hall–Kier alpha value is -3.52. The van der Waals surface area contributed by atoms with Gasteiger partial charge in [0.1, 0.15) is 5.03 Å². The number of thioether (sulfide) groups is 1. The second-order valence-corrected chi connectivity index (χ2v) is 9.42. The minimum Gasteiger partial charge on any atom is -0.361 e. The van der Waals surface area contributed by atoms with Crippen molar-refractivity contribution in [2.75, 3.05) is 23.7 Å². The third kappa shape index (κ3) is 4.46. The molecule has 34 heavy (non-hydrogen) atoms. The third-order valence-electron chi connectivity index (χ3n) is 6.07. The SMILES string of the molecule is Cc1nn(-c2ccccc2)c2c1N(C(=O)CCC(=O)NCCc1c[nH]c3ccccc13)CCS2. The Labute approximate surface area is 202 Å². The van der Waals surface area contributed by atoms with Crippen molar-refractivity contribution in [2.24, 2.45) is 0 Å². The van der Waals surface area contributed by atoms with E-state index in [0.717, 1.165) is 39.8 Å². The highest BCUT2D eigenvalue weighted by atomic mass is 32.2. The van der Waals surface area contributed by atoms with E-state index in [2.05, 4.69) is 16.4 Å². The van der Waals surface area contributed by atoms with Gasteiger partial charge in [0.2, 0.25) is 11.8 Å². The summed E-state index contributed by atoms with van der Waals surface area (Å²) in [4.78, 5) is 30.5. The standard InChI is InChI=1S/C26H27N5O2S/c1-18-25-26(31(29-18)20-7-3-2-4-8-20)34-16-15-30(25)24(33)12-11-23(32)27-14-13-19-17-28-22-10-6-5-9-21(19)22/h2-10,17,28H,11-16H2,1H3,(H,27,32). The molecule has 7 nitrogen and oxygen atoms in total. The van der Waals surface area contributed by atoms with E-state index in [1.165, 1.54) is 10.9 Å². The summed E-state index contributed by atoms with van der Waals surface area (Å²) < 4.78 is 1.91. The van der Waals surface area contributed by atoms with E-state index in [1.54, 1.807) is 16.7 Å². The maximum atomic E-state index is 13.1. The first-order chi connectivity index (χ1) is 16.6. The van der Waals surface area contributed by atoms with Crippen molar-refractivity contribution in [3.8, 4) is 5.69 Å². The minimum absolute atomic E-state index is 0.0379. The average molecular weight is 474 g/mol. The van der Waals surface area contributed by atoms with E-state index in [4.69, 9.17) is 5.10 Å². The Kier molecular flexibility index (Phi) is 6.40. The van der Waals surface area contributed by atoms with Crippen molar-refractivity contribution in [1.82, 2.24) is 20.1 Å². The summed E-state index contributed by atoms with van der Waals surface area (Å²) in [6.45, 7) is 3.10. The van der Waals surface area contributed by atoms with Gasteiger partial charge in [-0.2, -0.15) is 5.10 Å². The van der Waals surface area contributed by atoms with Crippen LogP contribution in [0.4, 0.5) is 5.69 Å². The number of carbonyl (C=O) groups excluding carboxylic acids is 2. The number of benzene rings is 2. The van der Waals surface area contributed by atoms with Crippen LogP contribution in [0.25, 0.3) is 16.6 Å². The van der Waals surface area contributed by atoms with Crippen LogP contribution in [0.5, 0.6) is 0 Å². The highest BCUT2D eigenvalue weighted by Crippen LogP contribution is 2.39. The second kappa shape index (κ2) is 9.77. The number of aromatic nitrogens is 3. The summed E-state index contributed by atoms with van der Waals surface area (Å²) in [5.74, 6) is 0.661. The number of anilines is 1. The first-order valence-corrected chi connectivity index (χ1v) is 12.5. The van der Waals surface area contributed by atoms with Crippen molar-refractivity contribution in [3.05, 3.63) is 72.1 Å². The van der Waals surface area contributed by atoms with Gasteiger partial charge in [-0.3, -0.25) is 9.59 Å². The van der Waals surface area contributed by atoms with Gasteiger partial charge in [-0.25, -0.2) is 4.68 Å². The number of rotatable bonds is 7. The van der Waals surface area contributed by atoms with Crippen LogP contribution in [0.1, 0.15) is 24.1 Å². The fourth-order valence-corrected chi connectivity index (χ4v) is 5.53. The molecule has 0 saturated carbocycles. The molecule has 8 heteroatoms. The molecule has 3 heterocycles. The molecule has 4 aromatic rings. The maximum Gasteiger partial charge on any atom is 0.227 e. The fourth-order valence-electron chi connectivity index (χ4n) is 4.40. The summed E-state index contributed by atoms with van der Waals surface area (Å²) in [6, 6.07) is 18.1. The van der Waals surface area contributed by atoms with Crippen LogP contribution in [0.3, 0.4) is 0 Å². The van der Waals surface area contributed by atoms with Gasteiger partial charge in [0, 0.05) is 48.8 Å². The average Bonchev–Trinajstić information content (AvgIpc) is 3.44. The summed E-state index contributed by atoms with van der Waals surface area (Å²) in [7, 11) is 0. The van der Waals surface area contributed by atoms with E-state index < -0.39 is 0 Å². The number of para-hydroxylation sites is 2. The van der Waals surface area contributed by atoms with Gasteiger partial charge in [0.25, 0.3) is 0 Å². The Morgan fingerprint density at radius 2 is 1.88 bits per heavy atom. The van der Waals surface area contributed by atoms with Crippen molar-refractivity contribution < 1.29 is 9.59 Å². The number of amides is 2. The molecule has 0 bridgehead atoms. The summed E-state index contributed by atoms with van der Waals surface area (Å²) in [5.41, 5.74) is 4.94. The molecule has 0 spiro atoms. The number of fused-ring (bicyclic) bond motifs is 2. The van der Waals surface area contributed by atoms with Crippen molar-refractivity contribution in [2.45, 2.75) is 31.2 Å². The monoisotopic (exact) mass is 473 g/mol. The van der Waals surface area contributed by atoms with Crippen LogP contribution >= 0.6 is 11.8 Å². The number of nitrogens with zero attached hydrogens (tertiary/aromatic N) is 3. The lowest BCUT2D eigenvalue weighted by Crippen LogP contribution is -2.36. The Morgan fingerprint density at radius 3 is 2.74 bits per heavy atom. The zero-order valence-electron chi connectivity index (χ0n) is 19.1. The van der Waals surface area contributed by atoms with Crippen molar-refractivity contribution in [3.63, 3.8) is 0 Å². The number of hydrogen-bond acceptors (Lipinski definition) is 4.